The van der Waals surface area contributed by atoms with Crippen LogP contribution in [-0.4, -0.2) is 17.1 Å². The minimum Gasteiger partial charge on any atom is -0.481 e. The third-order valence-electron chi connectivity index (χ3n) is 2.64. The van der Waals surface area contributed by atoms with Gasteiger partial charge in [-0.25, -0.2) is 0 Å². The molecule has 0 amide bonds. The monoisotopic (exact) mass is 241 g/mol. The average Bonchev–Trinajstić information content (AvgIpc) is 2.60. The van der Waals surface area contributed by atoms with Gasteiger partial charge < -0.3 is 10.4 Å². The first-order valence-corrected chi connectivity index (χ1v) is 6.33. The van der Waals surface area contributed by atoms with Crippen LogP contribution in [0.4, 0.5) is 0 Å². The van der Waals surface area contributed by atoms with E-state index in [2.05, 4.69) is 26.1 Å². The number of hydrogen-bond acceptors (Lipinski definition) is 3. The summed E-state index contributed by atoms with van der Waals surface area (Å²) in [5.74, 6) is -0.157. The summed E-state index contributed by atoms with van der Waals surface area (Å²) < 4.78 is 0. The van der Waals surface area contributed by atoms with Crippen molar-refractivity contribution in [3.63, 3.8) is 0 Å². The van der Waals surface area contributed by atoms with E-state index in [4.69, 9.17) is 5.11 Å². The van der Waals surface area contributed by atoms with Crippen LogP contribution in [0.1, 0.15) is 30.5 Å². The van der Waals surface area contributed by atoms with Crippen LogP contribution in [0, 0.1) is 5.92 Å². The van der Waals surface area contributed by atoms with Gasteiger partial charge in [0.2, 0.25) is 0 Å². The fourth-order valence-electron chi connectivity index (χ4n) is 1.26. The third kappa shape index (κ3) is 4.33. The number of aliphatic carboxylic acids is 1. The number of carboxylic acids is 1. The molecule has 0 aliphatic rings. The van der Waals surface area contributed by atoms with Crippen molar-refractivity contribution in [1.29, 1.82) is 0 Å². The smallest absolute Gasteiger partial charge is 0.308 e. The number of rotatable bonds is 6. The molecule has 0 fully saturated rings. The van der Waals surface area contributed by atoms with Gasteiger partial charge in [0.1, 0.15) is 0 Å². The molecule has 0 saturated carbocycles. The lowest BCUT2D eigenvalue weighted by Gasteiger charge is -2.16. The molecule has 0 saturated heterocycles. The van der Waals surface area contributed by atoms with Gasteiger partial charge in [-0.15, -0.1) is 11.3 Å². The van der Waals surface area contributed by atoms with Crippen molar-refractivity contribution in [2.75, 3.05) is 0 Å². The maximum Gasteiger partial charge on any atom is 0.308 e. The highest BCUT2D eigenvalue weighted by Crippen LogP contribution is 2.17. The molecule has 1 unspecified atom stereocenters. The lowest BCUT2D eigenvalue weighted by molar-refractivity contribution is -0.136. The summed E-state index contributed by atoms with van der Waals surface area (Å²) in [5, 5.41) is 12.1. The zero-order valence-electron chi connectivity index (χ0n) is 9.99. The van der Waals surface area contributed by atoms with Crippen LogP contribution in [0.15, 0.2) is 12.1 Å². The number of carbonyl (C=O) groups is 1. The minimum atomic E-state index is -0.767. The average molecular weight is 241 g/mol. The van der Waals surface area contributed by atoms with Gasteiger partial charge in [-0.1, -0.05) is 13.8 Å². The Morgan fingerprint density at radius 3 is 2.56 bits per heavy atom. The summed E-state index contributed by atoms with van der Waals surface area (Å²) in [6.45, 7) is 7.35. The van der Waals surface area contributed by atoms with Gasteiger partial charge in [0.05, 0.1) is 6.42 Å². The fraction of sp³-hybridized carbons (Fsp3) is 0.583. The van der Waals surface area contributed by atoms with E-state index in [0.29, 0.717) is 12.0 Å². The predicted octanol–water partition coefficient (Wildman–Crippen LogP) is 2.51. The van der Waals surface area contributed by atoms with Crippen LogP contribution in [0.25, 0.3) is 0 Å². The van der Waals surface area contributed by atoms with E-state index in [0.717, 1.165) is 11.4 Å². The highest BCUT2D eigenvalue weighted by atomic mass is 32.1. The third-order valence-corrected chi connectivity index (χ3v) is 3.73. The number of nitrogens with one attached hydrogen (secondary N) is 1. The first-order valence-electron chi connectivity index (χ1n) is 5.51. The van der Waals surface area contributed by atoms with Crippen molar-refractivity contribution in [2.45, 2.75) is 39.8 Å². The summed E-state index contributed by atoms with van der Waals surface area (Å²) in [5.41, 5.74) is 0. The zero-order chi connectivity index (χ0) is 12.1. The molecule has 3 nitrogen and oxygen atoms in total. The van der Waals surface area contributed by atoms with Crippen molar-refractivity contribution in [1.82, 2.24) is 5.32 Å². The van der Waals surface area contributed by atoms with Crippen LogP contribution in [0.2, 0.25) is 0 Å². The van der Waals surface area contributed by atoms with Gasteiger partial charge in [0.15, 0.2) is 0 Å². The topological polar surface area (TPSA) is 49.3 Å². The Bertz CT molecular complexity index is 347. The van der Waals surface area contributed by atoms with Crippen LogP contribution in [0.3, 0.4) is 0 Å². The van der Waals surface area contributed by atoms with E-state index in [-0.39, 0.29) is 6.42 Å². The van der Waals surface area contributed by atoms with Crippen molar-refractivity contribution < 1.29 is 9.90 Å². The molecular weight excluding hydrogens is 222 g/mol. The van der Waals surface area contributed by atoms with E-state index < -0.39 is 5.97 Å². The second-order valence-corrected chi connectivity index (χ2v) is 5.61. The van der Waals surface area contributed by atoms with Gasteiger partial charge in [-0.05, 0) is 25.0 Å². The molecule has 0 aliphatic heterocycles. The molecule has 0 bridgehead atoms. The summed E-state index contributed by atoms with van der Waals surface area (Å²) in [7, 11) is 0. The van der Waals surface area contributed by atoms with Gasteiger partial charge in [0, 0.05) is 22.3 Å². The Balaban J connectivity index is 2.43. The Labute approximate surface area is 100 Å². The Kier molecular flexibility index (Phi) is 4.96. The highest BCUT2D eigenvalue weighted by molar-refractivity contribution is 7.12. The SMILES string of the molecule is CC(C)C(C)NCc1ccc(CC(=O)O)s1. The second-order valence-electron chi connectivity index (χ2n) is 4.35. The normalized spacial score (nSPS) is 13.0. The Morgan fingerprint density at radius 2 is 2.00 bits per heavy atom. The molecule has 0 aliphatic carbocycles. The van der Waals surface area contributed by atoms with E-state index in [9.17, 15) is 4.79 Å². The van der Waals surface area contributed by atoms with Crippen molar-refractivity contribution >= 4 is 17.3 Å². The molecule has 1 aromatic rings. The van der Waals surface area contributed by atoms with Crippen LogP contribution in [-0.2, 0) is 17.8 Å². The predicted molar refractivity (Wildman–Crippen MR) is 66.8 cm³/mol. The maximum atomic E-state index is 10.5. The molecule has 90 valence electrons. The lowest BCUT2D eigenvalue weighted by Crippen LogP contribution is -2.29. The highest BCUT2D eigenvalue weighted by Gasteiger charge is 2.08. The van der Waals surface area contributed by atoms with Crippen molar-refractivity contribution in [3.8, 4) is 0 Å². The minimum absolute atomic E-state index is 0.129. The maximum absolute atomic E-state index is 10.5. The van der Waals surface area contributed by atoms with Crippen LogP contribution >= 0.6 is 11.3 Å². The zero-order valence-corrected chi connectivity index (χ0v) is 10.8. The molecule has 0 spiro atoms. The molecule has 0 radical (unpaired) electrons. The summed E-state index contributed by atoms with van der Waals surface area (Å²) >= 11 is 1.57. The van der Waals surface area contributed by atoms with E-state index in [1.165, 1.54) is 4.88 Å². The molecule has 1 atom stereocenters. The molecule has 1 aromatic heterocycles. The molecule has 1 heterocycles. The summed E-state index contributed by atoms with van der Waals surface area (Å²) in [6, 6.07) is 4.38. The Morgan fingerprint density at radius 1 is 1.38 bits per heavy atom. The lowest BCUT2D eigenvalue weighted by atomic mass is 10.1. The molecule has 1 rings (SSSR count). The van der Waals surface area contributed by atoms with Gasteiger partial charge in [-0.2, -0.15) is 0 Å². The summed E-state index contributed by atoms with van der Waals surface area (Å²) in [4.78, 5) is 12.6. The molecule has 0 aromatic carbocycles. The standard InChI is InChI=1S/C12H19NO2S/c1-8(2)9(3)13-7-11-5-4-10(16-11)6-12(14)15/h4-5,8-9,13H,6-7H2,1-3H3,(H,14,15). The quantitative estimate of drug-likeness (QED) is 0.804. The Hall–Kier alpha value is -0.870. The fourth-order valence-corrected chi connectivity index (χ4v) is 2.22. The van der Waals surface area contributed by atoms with Crippen molar-refractivity contribution in [3.05, 3.63) is 21.9 Å². The molecular formula is C12H19NO2S. The van der Waals surface area contributed by atoms with E-state index in [1.54, 1.807) is 11.3 Å². The van der Waals surface area contributed by atoms with Gasteiger partial charge in [-0.3, -0.25) is 4.79 Å². The number of thiophene rings is 1. The van der Waals surface area contributed by atoms with E-state index in [1.807, 2.05) is 12.1 Å². The van der Waals surface area contributed by atoms with E-state index >= 15 is 0 Å². The van der Waals surface area contributed by atoms with Crippen molar-refractivity contribution in [2.24, 2.45) is 5.92 Å². The van der Waals surface area contributed by atoms with Gasteiger partial charge >= 0.3 is 5.97 Å². The number of carboxylic acid groups (broad SMARTS) is 1. The van der Waals surface area contributed by atoms with Crippen LogP contribution in [0.5, 0.6) is 0 Å². The molecule has 4 heteroatoms. The second kappa shape index (κ2) is 6.01. The van der Waals surface area contributed by atoms with Crippen LogP contribution < -0.4 is 5.32 Å². The number of hydrogen-bond donors (Lipinski definition) is 2. The van der Waals surface area contributed by atoms with Gasteiger partial charge in [0.25, 0.3) is 0 Å². The summed E-state index contributed by atoms with van der Waals surface area (Å²) in [6.07, 6.45) is 0.129. The molecule has 2 N–H and O–H groups in total. The first kappa shape index (κ1) is 13.2. The molecule has 16 heavy (non-hydrogen) atoms. The largest absolute Gasteiger partial charge is 0.481 e. The first-order chi connectivity index (χ1) is 7.49.